The van der Waals surface area contributed by atoms with Crippen LogP contribution in [0, 0.1) is 10.8 Å². The molecule has 6 nitrogen and oxygen atoms in total. The number of hydrogen-bond donors (Lipinski definition) is 0. The standard InChI is InChI=1S/C30H30N2O4S/c1-29(2,3)19-30(4,5)22-12-14-23(15-13-22)36-37(34,35)27-18-26(32-31)28(33)25-17-21(11-16-24(25)27)20-9-7-6-8-10-20/h6-18H,19H2,1-5H3. The van der Waals surface area contributed by atoms with Gasteiger partial charge < -0.3 is 9.29 Å². The zero-order chi connectivity index (χ0) is 27.0. The second kappa shape index (κ2) is 9.53. The van der Waals surface area contributed by atoms with Crippen molar-refractivity contribution in [3.63, 3.8) is 0 Å². The lowest BCUT2D eigenvalue weighted by molar-refractivity contribution is -0.264. The molecule has 0 aromatic heterocycles. The molecule has 0 aliphatic rings. The first-order valence-corrected chi connectivity index (χ1v) is 13.4. The zero-order valence-electron chi connectivity index (χ0n) is 21.6. The molecule has 0 amide bonds. The molecule has 4 aromatic rings. The minimum Gasteiger partial charge on any atom is -0.867 e. The molecule has 0 N–H and O–H groups in total. The molecule has 0 radical (unpaired) electrons. The summed E-state index contributed by atoms with van der Waals surface area (Å²) in [7, 11) is -4.35. The third-order valence-electron chi connectivity index (χ3n) is 6.33. The van der Waals surface area contributed by atoms with Crippen molar-refractivity contribution in [2.24, 2.45) is 5.41 Å². The predicted octanol–water partition coefficient (Wildman–Crippen LogP) is 7.55. The van der Waals surface area contributed by atoms with Crippen molar-refractivity contribution < 1.29 is 17.7 Å². The topological polar surface area (TPSA) is 94.6 Å². The van der Waals surface area contributed by atoms with Crippen molar-refractivity contribution in [2.45, 2.75) is 51.3 Å². The Morgan fingerprint density at radius 1 is 0.838 bits per heavy atom. The number of benzene rings is 4. The Labute approximate surface area is 218 Å². The van der Waals surface area contributed by atoms with Gasteiger partial charge in [0, 0.05) is 5.39 Å². The second-order valence-electron chi connectivity index (χ2n) is 11.1. The summed E-state index contributed by atoms with van der Waals surface area (Å²) in [5, 5.41) is 22.7. The van der Waals surface area contributed by atoms with E-state index in [4.69, 9.17) is 4.18 Å². The summed E-state index contributed by atoms with van der Waals surface area (Å²) in [5.41, 5.74) is 2.32. The molecule has 0 aliphatic carbocycles. The largest absolute Gasteiger partial charge is 0.867 e. The molecule has 0 saturated heterocycles. The van der Waals surface area contributed by atoms with E-state index < -0.39 is 15.9 Å². The molecule has 4 rings (SSSR count). The van der Waals surface area contributed by atoms with Gasteiger partial charge in [0.05, 0.1) is 6.07 Å². The van der Waals surface area contributed by atoms with Crippen molar-refractivity contribution in [3.8, 4) is 22.6 Å². The summed E-state index contributed by atoms with van der Waals surface area (Å²) in [6, 6.07) is 22.4. The van der Waals surface area contributed by atoms with Crippen LogP contribution in [0.1, 0.15) is 46.6 Å². The smallest absolute Gasteiger partial charge is 0.379 e. The fourth-order valence-corrected chi connectivity index (χ4v) is 6.16. The molecule has 37 heavy (non-hydrogen) atoms. The number of diazo groups is 1. The van der Waals surface area contributed by atoms with E-state index in [2.05, 4.69) is 39.6 Å². The van der Waals surface area contributed by atoms with Gasteiger partial charge in [-0.3, -0.25) is 0 Å². The molecule has 4 aromatic carbocycles. The Hall–Kier alpha value is -3.89. The summed E-state index contributed by atoms with van der Waals surface area (Å²) >= 11 is 0. The maximum atomic E-state index is 13.4. The minimum atomic E-state index is -4.35. The van der Waals surface area contributed by atoms with Gasteiger partial charge >= 0.3 is 15.8 Å². The van der Waals surface area contributed by atoms with Gasteiger partial charge in [-0.05, 0) is 63.3 Å². The van der Waals surface area contributed by atoms with E-state index in [9.17, 15) is 18.9 Å². The summed E-state index contributed by atoms with van der Waals surface area (Å²) in [4.78, 5) is 2.80. The molecule has 0 heterocycles. The van der Waals surface area contributed by atoms with Crippen LogP contribution >= 0.6 is 0 Å². The van der Waals surface area contributed by atoms with Crippen molar-refractivity contribution in [1.82, 2.24) is 0 Å². The highest BCUT2D eigenvalue weighted by atomic mass is 32.2. The van der Waals surface area contributed by atoms with Crippen LogP contribution in [-0.4, -0.2) is 8.42 Å². The van der Waals surface area contributed by atoms with E-state index >= 15 is 0 Å². The average Bonchev–Trinajstić information content (AvgIpc) is 2.83. The van der Waals surface area contributed by atoms with E-state index in [1.54, 1.807) is 30.3 Å². The molecule has 0 saturated carbocycles. The third-order valence-corrected chi connectivity index (χ3v) is 7.62. The Bertz CT molecular complexity index is 1600. The second-order valence-corrected chi connectivity index (χ2v) is 12.6. The number of rotatable bonds is 6. The van der Waals surface area contributed by atoms with Crippen molar-refractivity contribution in [1.29, 1.82) is 5.39 Å². The molecular weight excluding hydrogens is 484 g/mol. The molecule has 0 unspecified atom stereocenters. The van der Waals surface area contributed by atoms with Gasteiger partial charge in [-0.2, -0.15) is 8.42 Å². The summed E-state index contributed by atoms with van der Waals surface area (Å²) in [5.74, 6) is -0.419. The Morgan fingerprint density at radius 3 is 2.08 bits per heavy atom. The Morgan fingerprint density at radius 2 is 1.49 bits per heavy atom. The summed E-state index contributed by atoms with van der Waals surface area (Å²) in [6.07, 6.45) is 0.949. The van der Waals surface area contributed by atoms with Gasteiger partial charge in [-0.15, -0.1) is 0 Å². The maximum Gasteiger partial charge on any atom is 0.379 e. The minimum absolute atomic E-state index is 0.107. The maximum absolute atomic E-state index is 13.4. The van der Waals surface area contributed by atoms with E-state index in [0.29, 0.717) is 0 Å². The van der Waals surface area contributed by atoms with Crippen LogP contribution in [0.15, 0.2) is 83.8 Å². The predicted molar refractivity (Wildman–Crippen MR) is 145 cm³/mol. The average molecular weight is 515 g/mol. The fourth-order valence-electron chi connectivity index (χ4n) is 5.00. The molecular formula is C30H30N2O4S. The van der Waals surface area contributed by atoms with Gasteiger partial charge in [-0.25, -0.2) is 0 Å². The molecule has 190 valence electrons. The molecule has 0 bridgehead atoms. The van der Waals surface area contributed by atoms with Crippen LogP contribution < -0.4 is 9.29 Å². The van der Waals surface area contributed by atoms with Crippen LogP contribution in [0.25, 0.3) is 26.9 Å². The summed E-state index contributed by atoms with van der Waals surface area (Å²) in [6.45, 7) is 10.9. The van der Waals surface area contributed by atoms with E-state index in [-0.39, 0.29) is 37.9 Å². The summed E-state index contributed by atoms with van der Waals surface area (Å²) < 4.78 is 32.2. The fraction of sp³-hybridized carbons (Fsp3) is 0.267. The van der Waals surface area contributed by atoms with Gasteiger partial charge in [0.15, 0.2) is 4.98 Å². The molecule has 0 fully saturated rings. The first-order valence-electron chi connectivity index (χ1n) is 12.0. The van der Waals surface area contributed by atoms with Crippen LogP contribution in [0.5, 0.6) is 11.5 Å². The van der Waals surface area contributed by atoms with Crippen molar-refractivity contribution in [3.05, 3.63) is 89.4 Å². The Kier molecular flexibility index (Phi) is 6.74. The highest BCUT2D eigenvalue weighted by Gasteiger charge is 2.28. The van der Waals surface area contributed by atoms with Gasteiger partial charge in [-0.1, -0.05) is 89.2 Å². The molecule has 0 spiro atoms. The molecule has 0 aliphatic heterocycles. The number of hydrogen-bond acceptors (Lipinski definition) is 5. The van der Waals surface area contributed by atoms with Crippen LogP contribution in [0.4, 0.5) is 5.69 Å². The first-order chi connectivity index (χ1) is 17.3. The zero-order valence-corrected chi connectivity index (χ0v) is 22.5. The molecule has 0 atom stereocenters. The Balaban J connectivity index is 1.73. The van der Waals surface area contributed by atoms with E-state index in [1.807, 2.05) is 42.5 Å². The SMILES string of the molecule is CC(C)(C)CC(C)(C)c1ccc(OS(=O)(=O)c2cc([N+]#N)c([O-])c3cc(-c4ccccc4)ccc23)cc1. The van der Waals surface area contributed by atoms with Gasteiger partial charge in [0.2, 0.25) is 5.39 Å². The van der Waals surface area contributed by atoms with Crippen LogP contribution in [0.2, 0.25) is 0 Å². The monoisotopic (exact) mass is 514 g/mol. The van der Waals surface area contributed by atoms with E-state index in [0.717, 1.165) is 29.2 Å². The number of nitrogens with zero attached hydrogens (tertiary/aromatic N) is 2. The lowest BCUT2D eigenvalue weighted by atomic mass is 9.72. The highest BCUT2D eigenvalue weighted by Crippen LogP contribution is 2.40. The van der Waals surface area contributed by atoms with Crippen molar-refractivity contribution >= 4 is 26.6 Å². The number of fused-ring (bicyclic) bond motifs is 1. The van der Waals surface area contributed by atoms with Crippen LogP contribution in [-0.2, 0) is 15.5 Å². The van der Waals surface area contributed by atoms with Crippen molar-refractivity contribution in [2.75, 3.05) is 0 Å². The van der Waals surface area contributed by atoms with Crippen LogP contribution in [0.3, 0.4) is 0 Å². The normalized spacial score (nSPS) is 12.3. The lowest BCUT2D eigenvalue weighted by Gasteiger charge is -2.33. The molecule has 7 heteroatoms. The highest BCUT2D eigenvalue weighted by molar-refractivity contribution is 7.87. The first kappa shape index (κ1) is 26.2. The van der Waals surface area contributed by atoms with Gasteiger partial charge in [0.1, 0.15) is 10.6 Å². The van der Waals surface area contributed by atoms with Gasteiger partial charge in [0.25, 0.3) is 0 Å². The lowest BCUT2D eigenvalue weighted by Crippen LogP contribution is -2.24. The van der Waals surface area contributed by atoms with E-state index in [1.165, 1.54) is 0 Å². The quantitative estimate of drug-likeness (QED) is 0.196. The third kappa shape index (κ3) is 5.60.